The van der Waals surface area contributed by atoms with Crippen LogP contribution in [0.4, 0.5) is 0 Å². The second-order valence-corrected chi connectivity index (χ2v) is 6.98. The Morgan fingerprint density at radius 2 is 1.89 bits per heavy atom. The van der Waals surface area contributed by atoms with Crippen LogP contribution in [0.2, 0.25) is 0 Å². The zero-order valence-corrected chi connectivity index (χ0v) is 15.4. The lowest BCUT2D eigenvalue weighted by Gasteiger charge is -2.16. The monoisotopic (exact) mass is 375 g/mol. The number of hydrogen-bond acceptors (Lipinski definition) is 7. The molecule has 0 aliphatic carbocycles. The third kappa shape index (κ3) is 3.44. The van der Waals surface area contributed by atoms with Gasteiger partial charge in [0.1, 0.15) is 11.2 Å². The number of rotatable bonds is 3. The van der Waals surface area contributed by atoms with Crippen LogP contribution in [0.15, 0.2) is 42.2 Å². The van der Waals surface area contributed by atoms with Crippen molar-refractivity contribution in [2.45, 2.75) is 19.0 Å². The molecule has 0 amide bonds. The van der Waals surface area contributed by atoms with Crippen LogP contribution < -0.4 is 11.5 Å². The minimum atomic E-state index is -0.400. The highest BCUT2D eigenvalue weighted by Crippen LogP contribution is 2.32. The van der Waals surface area contributed by atoms with Crippen molar-refractivity contribution < 1.29 is 0 Å². The van der Waals surface area contributed by atoms with E-state index in [-0.39, 0.29) is 6.04 Å². The number of nitrogens with two attached hydrogens (primary N) is 2. The number of thiophene rings is 1. The van der Waals surface area contributed by atoms with E-state index in [1.807, 2.05) is 30.5 Å². The van der Waals surface area contributed by atoms with Crippen LogP contribution >= 0.6 is 11.3 Å². The minimum Gasteiger partial charge on any atom is -0.326 e. The molecule has 4 aromatic rings. The summed E-state index contributed by atoms with van der Waals surface area (Å²) in [6, 6.07) is 4.91. The number of aromatic amines is 1. The van der Waals surface area contributed by atoms with Gasteiger partial charge in [-0.25, -0.2) is 9.97 Å². The Bertz CT molecular complexity index is 1120. The van der Waals surface area contributed by atoms with Crippen molar-refractivity contribution in [3.63, 3.8) is 0 Å². The van der Waals surface area contributed by atoms with E-state index >= 15 is 0 Å². The van der Waals surface area contributed by atoms with Gasteiger partial charge in [-0.2, -0.15) is 5.10 Å². The van der Waals surface area contributed by atoms with E-state index in [0.717, 1.165) is 32.7 Å². The fraction of sp³-hybridized carbons (Fsp3) is 0.158. The molecule has 2 unspecified atom stereocenters. The number of pyridine rings is 1. The maximum absolute atomic E-state index is 6.34. The highest BCUT2D eigenvalue weighted by Gasteiger charge is 2.21. The lowest BCUT2D eigenvalue weighted by Crippen LogP contribution is -2.32. The van der Waals surface area contributed by atoms with Crippen LogP contribution in [0.3, 0.4) is 0 Å². The third-order valence-electron chi connectivity index (χ3n) is 4.09. The van der Waals surface area contributed by atoms with Crippen LogP contribution in [0.5, 0.6) is 0 Å². The van der Waals surface area contributed by atoms with E-state index < -0.39 is 6.04 Å². The smallest absolute Gasteiger partial charge is 0.160 e. The lowest BCUT2D eigenvalue weighted by atomic mass is 10.1. The Balaban J connectivity index is 1.91. The van der Waals surface area contributed by atoms with Gasteiger partial charge in [0.25, 0.3) is 0 Å². The van der Waals surface area contributed by atoms with Crippen LogP contribution in [0, 0.1) is 11.8 Å². The van der Waals surface area contributed by atoms with E-state index in [1.165, 1.54) is 11.3 Å². The number of nitrogens with one attached hydrogen (secondary N) is 1. The predicted octanol–water partition coefficient (Wildman–Crippen LogP) is 2.22. The molecule has 0 fully saturated rings. The number of nitrogens with zero attached hydrogens (tertiary/aromatic N) is 4. The molecule has 0 bridgehead atoms. The molecule has 0 aliphatic heterocycles. The molecule has 5 N–H and O–H groups in total. The van der Waals surface area contributed by atoms with Crippen LogP contribution in [-0.2, 0) is 0 Å². The molecule has 0 saturated heterocycles. The van der Waals surface area contributed by atoms with E-state index in [1.54, 1.807) is 18.6 Å². The molecule has 4 aromatic heterocycles. The zero-order chi connectivity index (χ0) is 18.8. The summed E-state index contributed by atoms with van der Waals surface area (Å²) < 4.78 is 0.909. The second-order valence-electron chi connectivity index (χ2n) is 6.10. The van der Waals surface area contributed by atoms with Gasteiger partial charge in [0.2, 0.25) is 0 Å². The van der Waals surface area contributed by atoms with Crippen molar-refractivity contribution in [2.75, 3.05) is 0 Å². The van der Waals surface area contributed by atoms with Crippen LogP contribution in [0.25, 0.3) is 21.6 Å². The molecule has 2 atom stereocenters. The summed E-state index contributed by atoms with van der Waals surface area (Å²) in [5.41, 5.74) is 16.3. The first-order valence-electron chi connectivity index (χ1n) is 8.35. The molecule has 0 saturated carbocycles. The third-order valence-corrected chi connectivity index (χ3v) is 5.09. The zero-order valence-electron chi connectivity index (χ0n) is 14.5. The highest BCUT2D eigenvalue weighted by molar-refractivity contribution is 7.17. The SMILES string of the molecule is CC(N)C(N)c1nc(-c2ccncc2)nc2c(C#Cc3ccn[nH]3)csc12. The van der Waals surface area contributed by atoms with Gasteiger partial charge in [0.05, 0.1) is 22.0 Å². The topological polar surface area (TPSA) is 119 Å². The first-order valence-corrected chi connectivity index (χ1v) is 9.23. The van der Waals surface area contributed by atoms with Gasteiger partial charge < -0.3 is 11.5 Å². The largest absolute Gasteiger partial charge is 0.326 e. The highest BCUT2D eigenvalue weighted by atomic mass is 32.1. The Labute approximate surface area is 159 Å². The van der Waals surface area contributed by atoms with Gasteiger partial charge in [0.15, 0.2) is 5.82 Å². The van der Waals surface area contributed by atoms with Crippen molar-refractivity contribution in [3.8, 4) is 23.2 Å². The summed E-state index contributed by atoms with van der Waals surface area (Å²) in [6.45, 7) is 1.87. The van der Waals surface area contributed by atoms with E-state index in [9.17, 15) is 0 Å². The molecular formula is C19H17N7S. The maximum Gasteiger partial charge on any atom is 0.160 e. The van der Waals surface area contributed by atoms with Crippen molar-refractivity contribution in [1.29, 1.82) is 0 Å². The Kier molecular flexibility index (Phi) is 4.64. The summed E-state index contributed by atoms with van der Waals surface area (Å²) in [4.78, 5) is 13.5. The summed E-state index contributed by atoms with van der Waals surface area (Å²) in [5.74, 6) is 6.80. The fourth-order valence-electron chi connectivity index (χ4n) is 2.59. The second kappa shape index (κ2) is 7.25. The summed E-state index contributed by atoms with van der Waals surface area (Å²) in [7, 11) is 0. The number of fused-ring (bicyclic) bond motifs is 1. The van der Waals surface area contributed by atoms with Gasteiger partial charge in [-0.15, -0.1) is 11.3 Å². The normalized spacial score (nSPS) is 13.1. The maximum atomic E-state index is 6.34. The van der Waals surface area contributed by atoms with Gasteiger partial charge in [0, 0.05) is 35.6 Å². The van der Waals surface area contributed by atoms with E-state index in [4.69, 9.17) is 21.4 Å². The predicted molar refractivity (Wildman–Crippen MR) is 106 cm³/mol. The average molecular weight is 375 g/mol. The molecule has 0 aromatic carbocycles. The Hall–Kier alpha value is -3.12. The lowest BCUT2D eigenvalue weighted by molar-refractivity contribution is 0.579. The van der Waals surface area contributed by atoms with Crippen LogP contribution in [0.1, 0.15) is 29.9 Å². The number of aromatic nitrogens is 5. The molecule has 134 valence electrons. The summed E-state index contributed by atoms with van der Waals surface area (Å²) >= 11 is 1.53. The first-order chi connectivity index (χ1) is 13.1. The Morgan fingerprint density at radius 3 is 2.59 bits per heavy atom. The van der Waals surface area contributed by atoms with Crippen LogP contribution in [-0.4, -0.2) is 31.2 Å². The van der Waals surface area contributed by atoms with Gasteiger partial charge in [-0.05, 0) is 31.0 Å². The summed E-state index contributed by atoms with van der Waals surface area (Å²) in [5, 5.41) is 8.71. The van der Waals surface area contributed by atoms with Crippen molar-refractivity contribution in [3.05, 3.63) is 59.1 Å². The molecule has 7 nitrogen and oxygen atoms in total. The van der Waals surface area contributed by atoms with E-state index in [2.05, 4.69) is 27.0 Å². The van der Waals surface area contributed by atoms with Gasteiger partial charge in [-0.1, -0.05) is 5.92 Å². The van der Waals surface area contributed by atoms with Gasteiger partial charge >= 0.3 is 0 Å². The van der Waals surface area contributed by atoms with Crippen molar-refractivity contribution in [1.82, 2.24) is 25.1 Å². The molecular weight excluding hydrogens is 358 g/mol. The fourth-order valence-corrected chi connectivity index (χ4v) is 3.57. The van der Waals surface area contributed by atoms with E-state index in [0.29, 0.717) is 5.82 Å². The minimum absolute atomic E-state index is 0.241. The van der Waals surface area contributed by atoms with Crippen molar-refractivity contribution >= 4 is 21.6 Å². The van der Waals surface area contributed by atoms with Crippen molar-refractivity contribution in [2.24, 2.45) is 11.5 Å². The molecule has 0 aliphatic rings. The molecule has 4 rings (SSSR count). The molecule has 8 heteroatoms. The molecule has 4 heterocycles. The standard InChI is InChI=1S/C19H17N7S/c1-11(20)15(21)17-18-16(24-19(25-17)12-4-7-22-8-5-12)13(10-27-18)2-3-14-6-9-23-26-14/h4-11,15H,20-21H2,1H3,(H,23,26). The molecule has 0 radical (unpaired) electrons. The Morgan fingerprint density at radius 1 is 1.07 bits per heavy atom. The summed E-state index contributed by atoms with van der Waals surface area (Å²) in [6.07, 6.45) is 5.08. The number of hydrogen-bond donors (Lipinski definition) is 3. The molecule has 27 heavy (non-hydrogen) atoms. The first kappa shape index (κ1) is 17.3. The molecule has 0 spiro atoms. The van der Waals surface area contributed by atoms with Gasteiger partial charge in [-0.3, -0.25) is 10.1 Å². The average Bonchev–Trinajstić information content (AvgIpc) is 3.35. The quantitative estimate of drug-likeness (QED) is 0.472. The number of H-pyrrole nitrogens is 1.